The van der Waals surface area contributed by atoms with Crippen molar-refractivity contribution < 1.29 is 14.3 Å². The van der Waals surface area contributed by atoms with Gasteiger partial charge in [0.25, 0.3) is 0 Å². The van der Waals surface area contributed by atoms with E-state index in [9.17, 15) is 9.59 Å². The average Bonchev–Trinajstić information content (AvgIpc) is 2.48. The third kappa shape index (κ3) is 8.67. The number of esters is 1. The Bertz CT molecular complexity index is 512. The summed E-state index contributed by atoms with van der Waals surface area (Å²) in [6.45, 7) is 4.38. The molecule has 24 heavy (non-hydrogen) atoms. The number of nitrogens with one attached hydrogen (secondary N) is 1. The van der Waals surface area contributed by atoms with Crippen LogP contribution in [0.1, 0.15) is 45.1 Å². The second kappa shape index (κ2) is 10.8. The van der Waals surface area contributed by atoms with Gasteiger partial charge < -0.3 is 10.1 Å². The van der Waals surface area contributed by atoms with E-state index in [1.54, 1.807) is 17.0 Å². The van der Waals surface area contributed by atoms with Crippen LogP contribution in [0.2, 0.25) is 0 Å². The van der Waals surface area contributed by atoms with Crippen molar-refractivity contribution in [3.63, 3.8) is 0 Å². The number of likely N-dealkylation sites (N-methyl/N-ethyl adjacent to an activating group) is 1. The van der Waals surface area contributed by atoms with Crippen LogP contribution in [0.25, 0.3) is 0 Å². The maximum absolute atomic E-state index is 11.8. The highest BCUT2D eigenvalue weighted by atomic mass is 16.5. The van der Waals surface area contributed by atoms with Crippen LogP contribution >= 0.6 is 0 Å². The first-order chi connectivity index (χ1) is 11.4. The molecule has 1 atom stereocenters. The largest absolute Gasteiger partial charge is 0.426 e. The number of unbranched alkanes of at least 4 members (excludes halogenated alkanes) is 2. The highest BCUT2D eigenvalue weighted by molar-refractivity contribution is 5.76. The summed E-state index contributed by atoms with van der Waals surface area (Å²) in [6.07, 6.45) is 4.51. The van der Waals surface area contributed by atoms with Gasteiger partial charge in [0.1, 0.15) is 5.75 Å². The molecule has 1 unspecified atom stereocenters. The zero-order chi connectivity index (χ0) is 17.9. The number of ether oxygens (including phenoxy) is 1. The van der Waals surface area contributed by atoms with Gasteiger partial charge in [-0.15, -0.1) is 0 Å². The Hall–Kier alpha value is -1.88. The van der Waals surface area contributed by atoms with E-state index in [1.165, 1.54) is 0 Å². The van der Waals surface area contributed by atoms with E-state index in [4.69, 9.17) is 4.74 Å². The molecule has 1 aromatic carbocycles. The fourth-order valence-corrected chi connectivity index (χ4v) is 2.40. The van der Waals surface area contributed by atoms with E-state index in [1.807, 2.05) is 33.2 Å². The summed E-state index contributed by atoms with van der Waals surface area (Å²) in [5, 5.41) is 3.03. The molecule has 0 radical (unpaired) electrons. The van der Waals surface area contributed by atoms with Gasteiger partial charge >= 0.3 is 5.97 Å². The molecule has 0 spiro atoms. The Morgan fingerprint density at radius 2 is 1.83 bits per heavy atom. The van der Waals surface area contributed by atoms with E-state index >= 15 is 0 Å². The van der Waals surface area contributed by atoms with E-state index in [-0.39, 0.29) is 24.5 Å². The molecule has 5 heteroatoms. The van der Waals surface area contributed by atoms with Gasteiger partial charge in [-0.2, -0.15) is 0 Å². The smallest absolute Gasteiger partial charge is 0.325 e. The minimum Gasteiger partial charge on any atom is -0.426 e. The third-order valence-electron chi connectivity index (χ3n) is 3.56. The van der Waals surface area contributed by atoms with Crippen LogP contribution < -0.4 is 10.1 Å². The summed E-state index contributed by atoms with van der Waals surface area (Å²) >= 11 is 0. The maximum atomic E-state index is 11.8. The molecule has 1 amide bonds. The normalized spacial score (nSPS) is 12.0. The van der Waals surface area contributed by atoms with Crippen molar-refractivity contribution in [3.05, 3.63) is 29.8 Å². The Balaban J connectivity index is 2.40. The summed E-state index contributed by atoms with van der Waals surface area (Å²) in [7, 11) is 3.64. The zero-order valence-electron chi connectivity index (χ0n) is 15.3. The quantitative estimate of drug-likeness (QED) is 0.406. The molecule has 0 aromatic heterocycles. The Morgan fingerprint density at radius 3 is 2.42 bits per heavy atom. The van der Waals surface area contributed by atoms with Gasteiger partial charge in [0.05, 0.1) is 6.54 Å². The van der Waals surface area contributed by atoms with E-state index in [0.717, 1.165) is 31.2 Å². The van der Waals surface area contributed by atoms with Gasteiger partial charge in [-0.1, -0.05) is 31.9 Å². The molecular weight excluding hydrogens is 304 g/mol. The molecule has 1 aromatic rings. The van der Waals surface area contributed by atoms with Crippen molar-refractivity contribution in [2.75, 3.05) is 20.6 Å². The highest BCUT2D eigenvalue weighted by Crippen LogP contribution is 2.14. The van der Waals surface area contributed by atoms with Gasteiger partial charge in [0.15, 0.2) is 0 Å². The lowest BCUT2D eigenvalue weighted by atomic mass is 10.1. The fraction of sp³-hybridized carbons (Fsp3) is 0.579. The molecule has 0 heterocycles. The number of carbonyl (C=O) groups is 2. The number of amides is 1. The second-order valence-corrected chi connectivity index (χ2v) is 6.49. The highest BCUT2D eigenvalue weighted by Gasteiger charge is 2.09. The van der Waals surface area contributed by atoms with Crippen LogP contribution in [-0.4, -0.2) is 43.5 Å². The van der Waals surface area contributed by atoms with Crippen LogP contribution in [-0.2, 0) is 16.0 Å². The summed E-state index contributed by atoms with van der Waals surface area (Å²) in [5.41, 5.74) is 1.10. The summed E-state index contributed by atoms with van der Waals surface area (Å²) in [6, 6.07) is 7.52. The first-order valence-electron chi connectivity index (χ1n) is 8.64. The lowest BCUT2D eigenvalue weighted by Crippen LogP contribution is -2.33. The standard InChI is InChI=1S/C19H30N2O3/c1-5-6-7-8-18(22)20-15(2)13-16-9-11-17(12-10-16)24-19(23)14-21(3)4/h9-12,15H,5-8,13-14H2,1-4H3,(H,20,22). The number of carbonyl (C=O) groups excluding carboxylic acids is 2. The van der Waals surface area contributed by atoms with Gasteiger partial charge in [0.2, 0.25) is 5.91 Å². The Labute approximate surface area is 145 Å². The molecule has 0 aliphatic rings. The first kappa shape index (κ1) is 20.2. The molecule has 134 valence electrons. The zero-order valence-corrected chi connectivity index (χ0v) is 15.3. The van der Waals surface area contributed by atoms with Crippen molar-refractivity contribution in [2.24, 2.45) is 0 Å². The average molecular weight is 334 g/mol. The summed E-state index contributed by atoms with van der Waals surface area (Å²) in [5.74, 6) is 0.382. The van der Waals surface area contributed by atoms with Crippen LogP contribution in [0.4, 0.5) is 0 Å². The number of hydrogen-bond donors (Lipinski definition) is 1. The predicted octanol–water partition coefficient (Wildman–Crippen LogP) is 2.78. The van der Waals surface area contributed by atoms with Crippen molar-refractivity contribution >= 4 is 11.9 Å². The summed E-state index contributed by atoms with van der Waals surface area (Å²) < 4.78 is 5.25. The van der Waals surface area contributed by atoms with Crippen molar-refractivity contribution in [1.82, 2.24) is 10.2 Å². The van der Waals surface area contributed by atoms with Crippen LogP contribution in [0.3, 0.4) is 0 Å². The number of benzene rings is 1. The molecule has 0 saturated heterocycles. The molecule has 1 rings (SSSR count). The minimum absolute atomic E-state index is 0.0845. The lowest BCUT2D eigenvalue weighted by Gasteiger charge is -2.14. The predicted molar refractivity (Wildman–Crippen MR) is 96.1 cm³/mol. The molecule has 0 bridgehead atoms. The van der Waals surface area contributed by atoms with Crippen molar-refractivity contribution in [3.8, 4) is 5.75 Å². The molecule has 0 fully saturated rings. The first-order valence-corrected chi connectivity index (χ1v) is 8.64. The number of hydrogen-bond acceptors (Lipinski definition) is 4. The molecule has 0 aliphatic carbocycles. The van der Waals surface area contributed by atoms with Crippen LogP contribution in [0.15, 0.2) is 24.3 Å². The van der Waals surface area contributed by atoms with Gasteiger partial charge in [-0.3, -0.25) is 14.5 Å². The number of rotatable bonds is 10. The molecular formula is C19H30N2O3. The van der Waals surface area contributed by atoms with E-state index < -0.39 is 0 Å². The third-order valence-corrected chi connectivity index (χ3v) is 3.56. The van der Waals surface area contributed by atoms with Crippen LogP contribution in [0.5, 0.6) is 5.75 Å². The van der Waals surface area contributed by atoms with E-state index in [0.29, 0.717) is 12.2 Å². The topological polar surface area (TPSA) is 58.6 Å². The monoisotopic (exact) mass is 334 g/mol. The second-order valence-electron chi connectivity index (χ2n) is 6.49. The van der Waals surface area contributed by atoms with Gasteiger partial charge in [-0.05, 0) is 51.6 Å². The van der Waals surface area contributed by atoms with Gasteiger partial charge in [0, 0.05) is 12.5 Å². The van der Waals surface area contributed by atoms with Crippen LogP contribution in [0, 0.1) is 0 Å². The molecule has 1 N–H and O–H groups in total. The fourth-order valence-electron chi connectivity index (χ4n) is 2.40. The lowest BCUT2D eigenvalue weighted by molar-refractivity contribution is -0.135. The maximum Gasteiger partial charge on any atom is 0.325 e. The Kier molecular flexibility index (Phi) is 9.08. The molecule has 5 nitrogen and oxygen atoms in total. The SMILES string of the molecule is CCCCCC(=O)NC(C)Cc1ccc(OC(=O)CN(C)C)cc1. The van der Waals surface area contributed by atoms with Crippen molar-refractivity contribution in [2.45, 2.75) is 52.0 Å². The van der Waals surface area contributed by atoms with Crippen molar-refractivity contribution in [1.29, 1.82) is 0 Å². The molecule has 0 saturated carbocycles. The van der Waals surface area contributed by atoms with E-state index in [2.05, 4.69) is 12.2 Å². The summed E-state index contributed by atoms with van der Waals surface area (Å²) in [4.78, 5) is 25.2. The van der Waals surface area contributed by atoms with Gasteiger partial charge in [-0.25, -0.2) is 0 Å². The Morgan fingerprint density at radius 1 is 1.17 bits per heavy atom. The number of nitrogens with zero attached hydrogens (tertiary/aromatic N) is 1. The minimum atomic E-state index is -0.277. The molecule has 0 aliphatic heterocycles.